The highest BCUT2D eigenvalue weighted by molar-refractivity contribution is 6.42. The summed E-state index contributed by atoms with van der Waals surface area (Å²) in [6.45, 7) is 0. The van der Waals surface area contributed by atoms with Gasteiger partial charge in [-0.05, 0) is 131 Å². The van der Waals surface area contributed by atoms with E-state index in [1.807, 2.05) is 111 Å². The first kappa shape index (κ1) is 88.0. The molecule has 0 atom stereocenters. The van der Waals surface area contributed by atoms with Gasteiger partial charge in [-0.3, -0.25) is 53.3 Å². The van der Waals surface area contributed by atoms with Gasteiger partial charge >= 0.3 is 0 Å². The van der Waals surface area contributed by atoms with E-state index >= 15 is 0 Å². The molecule has 0 fully saturated rings. The number of hydrogen-bond donors (Lipinski definition) is 12. The van der Waals surface area contributed by atoms with Crippen LogP contribution in [0, 0.1) is 0 Å². The molecule has 12 N–H and O–H groups in total. The number of aromatic hydroxyl groups is 3. The molecule has 25 heteroatoms. The number of nitrogens with zero attached hydrogens (tertiary/aromatic N) is 3. The van der Waals surface area contributed by atoms with Crippen LogP contribution in [0.3, 0.4) is 0 Å². The number of carbonyl (C=O) groups excluding carboxylic acids is 7. The number of anilines is 9. The zero-order chi connectivity index (χ0) is 94.4. The van der Waals surface area contributed by atoms with Gasteiger partial charge in [0.2, 0.25) is 0 Å². The number of hydrogen-bond acceptors (Lipinski definition) is 23. The molecule has 0 saturated heterocycles. The van der Waals surface area contributed by atoms with Gasteiger partial charge in [-0.15, -0.1) is 0 Å². The summed E-state index contributed by atoms with van der Waals surface area (Å²) >= 11 is 12.7. The number of halogens is 2. The number of fused-ring (bicyclic) bond motifs is 8. The molecule has 0 radical (unpaired) electrons. The Balaban J connectivity index is 0.000000108. The Morgan fingerprint density at radius 2 is 0.657 bits per heavy atom. The molecule has 0 unspecified atom stereocenters. The smallest absolute Gasteiger partial charge is 0.198 e. The van der Waals surface area contributed by atoms with Crippen LogP contribution in [-0.4, -0.2) is 140 Å². The molecule has 0 heterocycles. The minimum Gasteiger partial charge on any atom is -0.507 e. The Labute approximate surface area is 776 Å². The molecule has 0 aromatic heterocycles. The minimum atomic E-state index is -0.180. The monoisotopic (exact) mass is 1810 g/mol. The molecule has 17 aromatic rings. The first-order chi connectivity index (χ1) is 64.9. The summed E-state index contributed by atoms with van der Waals surface area (Å²) in [5, 5.41) is 76.7. The highest BCUT2D eigenvalue weighted by Gasteiger charge is 2.38. The predicted octanol–water partition coefficient (Wildman–Crippen LogP) is 19.9. The zero-order valence-corrected chi connectivity index (χ0v) is 76.2. The first-order valence-electron chi connectivity index (χ1n) is 43.0. The largest absolute Gasteiger partial charge is 0.507 e. The van der Waals surface area contributed by atoms with Crippen molar-refractivity contribution in [3.63, 3.8) is 0 Å². The van der Waals surface area contributed by atoms with Gasteiger partial charge in [0, 0.05) is 262 Å². The van der Waals surface area contributed by atoms with E-state index in [-0.39, 0.29) is 63.2 Å². The van der Waals surface area contributed by atoms with E-state index in [2.05, 4.69) is 81.0 Å². The van der Waals surface area contributed by atoms with Crippen LogP contribution in [0.4, 0.5) is 51.2 Å². The molecule has 23 nitrogen and oxygen atoms in total. The highest BCUT2D eigenvalue weighted by Crippen LogP contribution is 2.53. The third-order valence-corrected chi connectivity index (χ3v) is 26.3. The van der Waals surface area contributed by atoms with Crippen molar-refractivity contribution >= 4 is 201 Å². The minimum absolute atomic E-state index is 0.0286. The molecule has 0 aliphatic heterocycles. The molecular formula is C109H86Cl2N12O11. The number of carbonyl (C=O) groups is 7. The fourth-order valence-electron chi connectivity index (χ4n) is 19.4. The number of benzene rings is 19. The number of phenols is 3. The van der Waals surface area contributed by atoms with E-state index < -0.39 is 0 Å². The van der Waals surface area contributed by atoms with E-state index in [1.165, 1.54) is 12.1 Å². The summed E-state index contributed by atoms with van der Waals surface area (Å²) < 4.78 is 0. The van der Waals surface area contributed by atoms with E-state index in [9.17, 15) is 53.7 Å². The lowest BCUT2D eigenvalue weighted by Crippen LogP contribution is -2.23. The van der Waals surface area contributed by atoms with Crippen molar-refractivity contribution in [3.8, 4) is 39.5 Å². The van der Waals surface area contributed by atoms with Crippen LogP contribution in [0.15, 0.2) is 250 Å². The SMILES string of the molecule is CN=c1cc2c(Cl)cc(=O)c3c(NC)cc4c(Cl)cc(O)c1c4c3-2.CN=c1cc2ccc3c(O)c4cc(=NC)cc5ccc6c(O)c(c1)c2c3c6c54.CNc1ccc(NC)c2c1C(=O)c1ccccc1C2=O.CNc1ccc2c(c1)C(=O)c1cccc3c(NC)ccc-2c13.CNc1cccc2c1C(=O)c1c(NC)cccc1C2=O.CNc1cccc2c1C(=O)c1cccc(NC)c1C2=O. The van der Waals surface area contributed by atoms with Gasteiger partial charge in [-0.2, -0.15) is 0 Å². The van der Waals surface area contributed by atoms with Crippen molar-refractivity contribution in [3.05, 3.63) is 345 Å². The quantitative estimate of drug-likeness (QED) is 0.0472. The maximum absolute atomic E-state index is 12.9. The van der Waals surface area contributed by atoms with Crippen LogP contribution >= 0.6 is 23.2 Å². The number of ketones is 7. The molecule has 0 spiro atoms. The van der Waals surface area contributed by atoms with E-state index in [0.717, 1.165) is 114 Å². The van der Waals surface area contributed by atoms with Gasteiger partial charge in [0.15, 0.2) is 45.9 Å². The second-order valence-electron chi connectivity index (χ2n) is 32.2. The summed E-state index contributed by atoms with van der Waals surface area (Å²) in [7, 11) is 21.1. The number of nitrogens with one attached hydrogen (secondary N) is 9. The van der Waals surface area contributed by atoms with Gasteiger partial charge in [0.05, 0.1) is 70.3 Å². The summed E-state index contributed by atoms with van der Waals surface area (Å²) in [5.41, 5.74) is 17.1. The number of phenolic OH excluding ortho intramolecular Hbond substituents is 3. The Morgan fingerprint density at radius 3 is 1.12 bits per heavy atom. The highest BCUT2D eigenvalue weighted by atomic mass is 35.5. The predicted molar refractivity (Wildman–Crippen MR) is 542 cm³/mol. The van der Waals surface area contributed by atoms with E-state index in [1.54, 1.807) is 174 Å². The molecule has 662 valence electrons. The zero-order valence-electron chi connectivity index (χ0n) is 74.6. The van der Waals surface area contributed by atoms with E-state index in [4.69, 9.17) is 23.2 Å². The Hall–Kier alpha value is -16.6. The fourth-order valence-corrected chi connectivity index (χ4v) is 19.9. The van der Waals surface area contributed by atoms with Crippen LogP contribution in [0.1, 0.15) is 111 Å². The van der Waals surface area contributed by atoms with Gasteiger partial charge in [-0.1, -0.05) is 138 Å². The Kier molecular flexibility index (Phi) is 23.0. The fraction of sp³-hybridized carbons (Fsp3) is 0.110. The molecule has 23 rings (SSSR count). The lowest BCUT2D eigenvalue weighted by atomic mass is 9.82. The van der Waals surface area contributed by atoms with Gasteiger partial charge in [-0.25, -0.2) is 0 Å². The third kappa shape index (κ3) is 13.9. The summed E-state index contributed by atoms with van der Waals surface area (Å²) in [4.78, 5) is 114. The van der Waals surface area contributed by atoms with Crippen molar-refractivity contribution < 1.29 is 48.9 Å². The molecule has 17 aromatic carbocycles. The third-order valence-electron chi connectivity index (χ3n) is 25.7. The molecule has 0 saturated carbocycles. The maximum atomic E-state index is 12.9. The van der Waals surface area contributed by atoms with Crippen LogP contribution in [0.5, 0.6) is 17.2 Å². The Morgan fingerprint density at radius 1 is 0.239 bits per heavy atom. The average Bonchev–Trinajstić information content (AvgIpc) is 0.742. The lowest BCUT2D eigenvalue weighted by Gasteiger charge is -2.22. The second-order valence-corrected chi connectivity index (χ2v) is 33.1. The molecule has 6 aliphatic carbocycles. The van der Waals surface area contributed by atoms with Crippen molar-refractivity contribution in [2.75, 3.05) is 132 Å². The van der Waals surface area contributed by atoms with Gasteiger partial charge in [0.1, 0.15) is 17.2 Å². The first-order valence-corrected chi connectivity index (χ1v) is 43.7. The van der Waals surface area contributed by atoms with Crippen molar-refractivity contribution in [2.45, 2.75) is 0 Å². The van der Waals surface area contributed by atoms with Gasteiger partial charge in [0.25, 0.3) is 0 Å². The normalized spacial score (nSPS) is 12.9. The van der Waals surface area contributed by atoms with Crippen LogP contribution < -0.4 is 69.4 Å². The van der Waals surface area contributed by atoms with Crippen molar-refractivity contribution in [1.82, 2.24) is 0 Å². The molecule has 134 heavy (non-hydrogen) atoms. The summed E-state index contributed by atoms with van der Waals surface area (Å²) in [6.07, 6.45) is 0. The van der Waals surface area contributed by atoms with Crippen LogP contribution in [0.25, 0.3) is 108 Å². The average molecular weight is 1810 g/mol. The van der Waals surface area contributed by atoms with E-state index in [0.29, 0.717) is 149 Å². The molecule has 6 aliphatic rings. The molecular weight excluding hydrogens is 1720 g/mol. The van der Waals surface area contributed by atoms with Crippen molar-refractivity contribution in [2.24, 2.45) is 15.0 Å². The van der Waals surface area contributed by atoms with Crippen LogP contribution in [-0.2, 0) is 0 Å². The molecule has 0 amide bonds. The maximum Gasteiger partial charge on any atom is 0.198 e. The standard InChI is InChI=1S/C24H16N2O2.C19H16N2O.C18H12Cl2N2O2.3C16H14N2O2/c1-25-13-7-11-3-5-16-21-19(11)17(9-13)23(27)15-6-4-12-8-14(26-2)10-18(24(16)28)20(12)22(15)21;1-20-11-6-7-12-13-8-9-17(21-2)14-4-3-5-15(18(13)14)19(22)16(12)10-11;1-21-11-3-7-9(19)6-14(24)18-12(22-2)4-8-10(20)5-13(23)17(11)15(8)16(7)18;1-17-11-7-3-5-9-13(11)15(19)10-6-4-8-12(18-2)14(10)16(9)20;1-17-11-7-3-5-9-13(11)16(20)14-10(15(9)19)6-4-8-12(14)18-2;1-17-11-7-8-12(18-2)14-13(11)15(19)9-5-3-4-6-10(9)16(14)20/h3-10,27-28H,1-2H3;3-10,20-21H,1-2H3;3-6,21,24H,1-2H3;3*3-8,17-18H,1-2H3. The van der Waals surface area contributed by atoms with Gasteiger partial charge < -0.3 is 63.2 Å². The van der Waals surface area contributed by atoms with Crippen molar-refractivity contribution in [1.29, 1.82) is 0 Å². The second kappa shape index (κ2) is 35.0. The summed E-state index contributed by atoms with van der Waals surface area (Å²) in [6, 6.07) is 70.0. The Bertz CT molecular complexity index is 8220. The topological polar surface area (TPSA) is 343 Å². The van der Waals surface area contributed by atoms with Crippen LogP contribution in [0.2, 0.25) is 10.0 Å². The number of rotatable bonds is 9. The molecule has 0 bridgehead atoms. The summed E-state index contributed by atoms with van der Waals surface area (Å²) in [5.74, 6) is -0.0448. The lowest BCUT2D eigenvalue weighted by molar-refractivity contribution is 0.0980.